The van der Waals surface area contributed by atoms with Crippen molar-refractivity contribution in [2.24, 2.45) is 11.8 Å². The van der Waals surface area contributed by atoms with E-state index in [9.17, 15) is 13.2 Å². The molecule has 2 atom stereocenters. The number of rotatable bonds is 5. The molecule has 1 aliphatic heterocycles. The largest absolute Gasteiger partial charge is 0.352 e. The van der Waals surface area contributed by atoms with Gasteiger partial charge in [-0.3, -0.25) is 4.79 Å². The van der Waals surface area contributed by atoms with Gasteiger partial charge in [-0.1, -0.05) is 29.9 Å². The minimum atomic E-state index is -3.07. The fourth-order valence-electron chi connectivity index (χ4n) is 2.79. The molecule has 21 heavy (non-hydrogen) atoms. The van der Waals surface area contributed by atoms with Crippen molar-refractivity contribution in [3.8, 4) is 0 Å². The Hall–Kier alpha value is -1.36. The van der Waals surface area contributed by atoms with Crippen LogP contribution in [0.15, 0.2) is 35.3 Å². The lowest BCUT2D eigenvalue weighted by molar-refractivity contribution is -0.121. The second-order valence-electron chi connectivity index (χ2n) is 6.08. The molecule has 0 aromatic heterocycles. The monoisotopic (exact) mass is 309 g/mol. The van der Waals surface area contributed by atoms with E-state index in [2.05, 4.69) is 24.9 Å². The SMILES string of the molecule is C=C(C)[C@@H]1CC=C(CNC(=O)CC2C=CS(=O)(=O)C2)CC1. The summed E-state index contributed by atoms with van der Waals surface area (Å²) in [5.41, 5.74) is 2.49. The highest BCUT2D eigenvalue weighted by Crippen LogP contribution is 2.27. The van der Waals surface area contributed by atoms with Crippen molar-refractivity contribution in [2.75, 3.05) is 12.3 Å². The lowest BCUT2D eigenvalue weighted by atomic mass is 9.85. The number of hydrogen-bond donors (Lipinski definition) is 1. The van der Waals surface area contributed by atoms with Crippen LogP contribution >= 0.6 is 0 Å². The van der Waals surface area contributed by atoms with Crippen LogP contribution in [0.3, 0.4) is 0 Å². The Bertz CT molecular complexity index is 587. The molecule has 0 spiro atoms. The van der Waals surface area contributed by atoms with Crippen LogP contribution < -0.4 is 5.32 Å². The maximum absolute atomic E-state index is 11.8. The third kappa shape index (κ3) is 4.84. The average Bonchev–Trinajstić information content (AvgIpc) is 2.76. The van der Waals surface area contributed by atoms with Crippen LogP contribution in [0, 0.1) is 11.8 Å². The molecular weight excluding hydrogens is 286 g/mol. The molecule has 0 aromatic rings. The molecule has 1 N–H and O–H groups in total. The van der Waals surface area contributed by atoms with Gasteiger partial charge >= 0.3 is 0 Å². The van der Waals surface area contributed by atoms with E-state index in [4.69, 9.17) is 0 Å². The molecule has 0 radical (unpaired) electrons. The third-order valence-corrected chi connectivity index (χ3v) is 5.63. The van der Waals surface area contributed by atoms with Crippen LogP contribution in [0.2, 0.25) is 0 Å². The number of hydrogen-bond acceptors (Lipinski definition) is 3. The van der Waals surface area contributed by atoms with E-state index in [0.29, 0.717) is 12.5 Å². The quantitative estimate of drug-likeness (QED) is 0.793. The summed E-state index contributed by atoms with van der Waals surface area (Å²) in [4.78, 5) is 11.8. The van der Waals surface area contributed by atoms with Crippen molar-refractivity contribution in [1.29, 1.82) is 0 Å². The molecule has 0 aromatic carbocycles. The van der Waals surface area contributed by atoms with E-state index >= 15 is 0 Å². The summed E-state index contributed by atoms with van der Waals surface area (Å²) in [6.45, 7) is 6.63. The molecular formula is C16H23NO3S. The summed E-state index contributed by atoms with van der Waals surface area (Å²) >= 11 is 0. The molecule has 0 fully saturated rings. The molecule has 2 aliphatic rings. The molecule has 0 bridgehead atoms. The van der Waals surface area contributed by atoms with Crippen molar-refractivity contribution in [3.63, 3.8) is 0 Å². The Morgan fingerprint density at radius 2 is 2.24 bits per heavy atom. The molecule has 1 aliphatic carbocycles. The molecule has 116 valence electrons. The Morgan fingerprint density at radius 3 is 2.76 bits per heavy atom. The Morgan fingerprint density at radius 1 is 1.48 bits per heavy atom. The molecule has 1 unspecified atom stereocenters. The van der Waals surface area contributed by atoms with Gasteiger partial charge in [0.25, 0.3) is 0 Å². The van der Waals surface area contributed by atoms with E-state index in [1.54, 1.807) is 6.08 Å². The number of carbonyl (C=O) groups excluding carboxylic acids is 1. The number of carbonyl (C=O) groups is 1. The van der Waals surface area contributed by atoms with Gasteiger partial charge in [0.05, 0.1) is 5.75 Å². The van der Waals surface area contributed by atoms with Gasteiger partial charge in [0.1, 0.15) is 0 Å². The summed E-state index contributed by atoms with van der Waals surface area (Å²) in [6.07, 6.45) is 7.16. The first kappa shape index (κ1) is 16.0. The number of sulfone groups is 1. The Balaban J connectivity index is 1.73. The highest BCUT2D eigenvalue weighted by atomic mass is 32.2. The van der Waals surface area contributed by atoms with E-state index in [-0.39, 0.29) is 24.0 Å². The van der Waals surface area contributed by atoms with Crippen molar-refractivity contribution < 1.29 is 13.2 Å². The maximum Gasteiger partial charge on any atom is 0.220 e. The smallest absolute Gasteiger partial charge is 0.220 e. The van der Waals surface area contributed by atoms with Gasteiger partial charge in [0.2, 0.25) is 5.91 Å². The van der Waals surface area contributed by atoms with Crippen molar-refractivity contribution >= 4 is 15.7 Å². The van der Waals surface area contributed by atoms with Crippen LogP contribution in [-0.4, -0.2) is 26.6 Å². The van der Waals surface area contributed by atoms with Crippen molar-refractivity contribution in [3.05, 3.63) is 35.3 Å². The average molecular weight is 309 g/mol. The van der Waals surface area contributed by atoms with Gasteiger partial charge < -0.3 is 5.32 Å². The molecule has 1 heterocycles. The van der Waals surface area contributed by atoms with Crippen LogP contribution in [0.25, 0.3) is 0 Å². The molecule has 5 heteroatoms. The van der Waals surface area contributed by atoms with Gasteiger partial charge in [0, 0.05) is 24.3 Å². The van der Waals surface area contributed by atoms with Gasteiger partial charge in [-0.2, -0.15) is 0 Å². The molecule has 0 saturated heterocycles. The third-order valence-electron chi connectivity index (χ3n) is 4.17. The molecule has 4 nitrogen and oxygen atoms in total. The molecule has 1 amide bonds. The maximum atomic E-state index is 11.8. The number of nitrogens with one attached hydrogen (secondary N) is 1. The first-order valence-corrected chi connectivity index (χ1v) is 9.08. The zero-order valence-electron chi connectivity index (χ0n) is 12.5. The van der Waals surface area contributed by atoms with Crippen molar-refractivity contribution in [2.45, 2.75) is 32.6 Å². The zero-order valence-corrected chi connectivity index (χ0v) is 13.3. The standard InChI is InChI=1S/C16H23NO3S/c1-12(2)15-5-3-13(4-6-15)10-17-16(18)9-14-7-8-21(19,20)11-14/h3,7-8,14-15H,1,4-6,9-11H2,2H3,(H,17,18)/t14?,15-/m1/s1. The minimum Gasteiger partial charge on any atom is -0.352 e. The van der Waals surface area contributed by atoms with Gasteiger partial charge in [-0.05, 0) is 32.1 Å². The zero-order chi connectivity index (χ0) is 15.5. The lowest BCUT2D eigenvalue weighted by Crippen LogP contribution is -2.28. The molecule has 2 rings (SSSR count). The lowest BCUT2D eigenvalue weighted by Gasteiger charge is -2.22. The summed E-state index contributed by atoms with van der Waals surface area (Å²) < 4.78 is 22.6. The summed E-state index contributed by atoms with van der Waals surface area (Å²) in [5.74, 6) is 0.370. The van der Waals surface area contributed by atoms with E-state index in [1.807, 2.05) is 0 Å². The van der Waals surface area contributed by atoms with Crippen LogP contribution in [-0.2, 0) is 14.6 Å². The fourth-order valence-corrected chi connectivity index (χ4v) is 4.18. The first-order valence-electron chi connectivity index (χ1n) is 7.36. The Kier molecular flexibility index (Phi) is 5.04. The van der Waals surface area contributed by atoms with Crippen LogP contribution in [0.4, 0.5) is 0 Å². The second kappa shape index (κ2) is 6.60. The minimum absolute atomic E-state index is 0.0589. The highest BCUT2D eigenvalue weighted by Gasteiger charge is 2.24. The predicted molar refractivity (Wildman–Crippen MR) is 84.3 cm³/mol. The first-order chi connectivity index (χ1) is 9.85. The van der Waals surface area contributed by atoms with E-state index in [1.165, 1.54) is 16.6 Å². The summed E-state index contributed by atoms with van der Waals surface area (Å²) in [7, 11) is -3.07. The number of allylic oxidation sites excluding steroid dienone is 3. The van der Waals surface area contributed by atoms with Crippen LogP contribution in [0.1, 0.15) is 32.6 Å². The normalized spacial score (nSPS) is 27.2. The van der Waals surface area contributed by atoms with Crippen LogP contribution in [0.5, 0.6) is 0 Å². The summed E-state index contributed by atoms with van der Waals surface area (Å²) in [5, 5.41) is 4.11. The van der Waals surface area contributed by atoms with Crippen molar-refractivity contribution in [1.82, 2.24) is 5.32 Å². The van der Waals surface area contributed by atoms with Gasteiger partial charge in [0.15, 0.2) is 9.84 Å². The topological polar surface area (TPSA) is 63.2 Å². The highest BCUT2D eigenvalue weighted by molar-refractivity contribution is 7.94. The van der Waals surface area contributed by atoms with Gasteiger partial charge in [-0.25, -0.2) is 8.42 Å². The fraction of sp³-hybridized carbons (Fsp3) is 0.562. The summed E-state index contributed by atoms with van der Waals surface area (Å²) in [6, 6.07) is 0. The van der Waals surface area contributed by atoms with E-state index in [0.717, 1.165) is 19.3 Å². The van der Waals surface area contributed by atoms with E-state index < -0.39 is 9.84 Å². The van der Waals surface area contributed by atoms with Gasteiger partial charge in [-0.15, -0.1) is 0 Å². The molecule has 0 saturated carbocycles. The second-order valence-corrected chi connectivity index (χ2v) is 8.01. The predicted octanol–water partition coefficient (Wildman–Crippen LogP) is 2.35. The number of amides is 1. The Labute approximate surface area is 126 Å².